The third-order valence-corrected chi connectivity index (χ3v) is 4.72. The minimum atomic E-state index is 0.582. The van der Waals surface area contributed by atoms with Crippen LogP contribution in [-0.2, 0) is 6.61 Å². The lowest BCUT2D eigenvalue weighted by Crippen LogP contribution is -2.44. The number of likely N-dealkylation sites (N-methyl/N-ethyl adjacent to an activating group) is 1. The first-order valence-corrected chi connectivity index (χ1v) is 8.79. The molecule has 4 rings (SSSR count). The summed E-state index contributed by atoms with van der Waals surface area (Å²) < 4.78 is 5.91. The Morgan fingerprint density at radius 3 is 2.52 bits per heavy atom. The zero-order chi connectivity index (χ0) is 17.1. The molecule has 0 unspecified atom stereocenters. The van der Waals surface area contributed by atoms with E-state index in [0.717, 1.165) is 48.6 Å². The number of benzene rings is 2. The molecule has 128 valence electrons. The van der Waals surface area contributed by atoms with Gasteiger partial charge in [-0.15, -0.1) is 0 Å². The van der Waals surface area contributed by atoms with Gasteiger partial charge in [-0.2, -0.15) is 0 Å². The Bertz CT molecular complexity index is 842. The highest BCUT2D eigenvalue weighted by molar-refractivity contribution is 5.81. The summed E-state index contributed by atoms with van der Waals surface area (Å²) in [6.07, 6.45) is 0. The monoisotopic (exact) mass is 333 g/mol. The van der Waals surface area contributed by atoms with Crippen molar-refractivity contribution < 1.29 is 4.74 Å². The first-order chi connectivity index (χ1) is 12.3. The van der Waals surface area contributed by atoms with Crippen LogP contribution in [0.4, 0.5) is 5.82 Å². The van der Waals surface area contributed by atoms with Crippen molar-refractivity contribution in [2.75, 3.05) is 38.1 Å². The van der Waals surface area contributed by atoms with E-state index in [-0.39, 0.29) is 0 Å². The predicted molar refractivity (Wildman–Crippen MR) is 102 cm³/mol. The van der Waals surface area contributed by atoms with Crippen LogP contribution in [0, 0.1) is 0 Å². The van der Waals surface area contributed by atoms with Crippen LogP contribution in [0.15, 0.2) is 60.7 Å². The Morgan fingerprint density at radius 2 is 1.72 bits per heavy atom. The van der Waals surface area contributed by atoms with Crippen molar-refractivity contribution in [2.45, 2.75) is 6.61 Å². The molecule has 1 saturated heterocycles. The van der Waals surface area contributed by atoms with Gasteiger partial charge in [-0.1, -0.05) is 30.3 Å². The molecule has 25 heavy (non-hydrogen) atoms. The largest absolute Gasteiger partial charge is 0.489 e. The summed E-state index contributed by atoms with van der Waals surface area (Å²) >= 11 is 0. The molecule has 0 saturated carbocycles. The number of aromatic nitrogens is 1. The Hall–Kier alpha value is -2.59. The van der Waals surface area contributed by atoms with Gasteiger partial charge in [-0.25, -0.2) is 4.98 Å². The van der Waals surface area contributed by atoms with Gasteiger partial charge in [0.1, 0.15) is 18.2 Å². The molecule has 0 amide bonds. The summed E-state index contributed by atoms with van der Waals surface area (Å²) in [6.45, 7) is 4.83. The second-order valence-electron chi connectivity index (χ2n) is 6.59. The zero-order valence-corrected chi connectivity index (χ0v) is 14.6. The Morgan fingerprint density at radius 1 is 0.920 bits per heavy atom. The van der Waals surface area contributed by atoms with Gasteiger partial charge in [0.25, 0.3) is 0 Å². The molecular weight excluding hydrogens is 310 g/mol. The van der Waals surface area contributed by atoms with Crippen LogP contribution >= 0.6 is 0 Å². The summed E-state index contributed by atoms with van der Waals surface area (Å²) in [7, 11) is 2.17. The van der Waals surface area contributed by atoms with Gasteiger partial charge < -0.3 is 14.5 Å². The lowest BCUT2D eigenvalue weighted by molar-refractivity contribution is 0.306. The van der Waals surface area contributed by atoms with Gasteiger partial charge in [0.05, 0.1) is 5.52 Å². The summed E-state index contributed by atoms with van der Waals surface area (Å²) in [4.78, 5) is 9.55. The van der Waals surface area contributed by atoms with E-state index in [1.165, 1.54) is 5.56 Å². The Balaban J connectivity index is 1.49. The summed E-state index contributed by atoms with van der Waals surface area (Å²) in [5.74, 6) is 1.95. The van der Waals surface area contributed by atoms with Crippen molar-refractivity contribution in [3.8, 4) is 5.75 Å². The van der Waals surface area contributed by atoms with Gasteiger partial charge in [-0.05, 0) is 42.9 Å². The third-order valence-electron chi connectivity index (χ3n) is 4.72. The molecule has 1 aliphatic heterocycles. The highest BCUT2D eigenvalue weighted by Gasteiger charge is 2.15. The zero-order valence-electron chi connectivity index (χ0n) is 14.6. The van der Waals surface area contributed by atoms with Crippen LogP contribution in [0.2, 0.25) is 0 Å². The van der Waals surface area contributed by atoms with Crippen LogP contribution in [0.5, 0.6) is 5.75 Å². The highest BCUT2D eigenvalue weighted by Crippen LogP contribution is 2.24. The van der Waals surface area contributed by atoms with E-state index in [9.17, 15) is 0 Å². The van der Waals surface area contributed by atoms with Crippen LogP contribution in [0.1, 0.15) is 5.56 Å². The minimum absolute atomic E-state index is 0.582. The molecule has 1 fully saturated rings. The maximum atomic E-state index is 5.91. The van der Waals surface area contributed by atoms with Crippen molar-refractivity contribution in [3.05, 3.63) is 66.2 Å². The Labute approximate surface area is 148 Å². The minimum Gasteiger partial charge on any atom is -0.489 e. The van der Waals surface area contributed by atoms with E-state index < -0.39 is 0 Å². The fraction of sp³-hybridized carbons (Fsp3) is 0.286. The number of rotatable bonds is 4. The molecule has 0 bridgehead atoms. The normalized spacial score (nSPS) is 15.5. The third kappa shape index (κ3) is 3.74. The number of nitrogens with zero attached hydrogens (tertiary/aromatic N) is 3. The fourth-order valence-electron chi connectivity index (χ4n) is 3.14. The molecule has 4 nitrogen and oxygen atoms in total. The number of ether oxygens (including phenoxy) is 1. The van der Waals surface area contributed by atoms with Crippen molar-refractivity contribution in [1.82, 2.24) is 9.88 Å². The standard InChI is InChI=1S/C21H23N3O/c1-23-11-13-24(14-12-23)21-10-7-18-15-19(8-9-20(18)22-21)25-16-17-5-3-2-4-6-17/h2-10,15H,11-14,16H2,1H3. The lowest BCUT2D eigenvalue weighted by Gasteiger charge is -2.33. The summed E-state index contributed by atoms with van der Waals surface area (Å²) in [5, 5.41) is 1.11. The second kappa shape index (κ2) is 7.11. The maximum absolute atomic E-state index is 5.91. The van der Waals surface area contributed by atoms with Crippen molar-refractivity contribution >= 4 is 16.7 Å². The van der Waals surface area contributed by atoms with Crippen LogP contribution in [0.25, 0.3) is 10.9 Å². The molecule has 0 aliphatic carbocycles. The quantitative estimate of drug-likeness (QED) is 0.730. The molecule has 3 aromatic rings. The van der Waals surface area contributed by atoms with Gasteiger partial charge in [-0.3, -0.25) is 0 Å². The summed E-state index contributed by atoms with van der Waals surface area (Å²) in [6, 6.07) is 20.6. The molecule has 0 atom stereocenters. The van der Waals surface area contributed by atoms with Gasteiger partial charge >= 0.3 is 0 Å². The fourth-order valence-corrected chi connectivity index (χ4v) is 3.14. The topological polar surface area (TPSA) is 28.6 Å². The van der Waals surface area contributed by atoms with E-state index in [2.05, 4.69) is 53.2 Å². The van der Waals surface area contributed by atoms with E-state index in [1.54, 1.807) is 0 Å². The number of hydrogen-bond acceptors (Lipinski definition) is 4. The number of hydrogen-bond donors (Lipinski definition) is 0. The first kappa shape index (κ1) is 15.9. The van der Waals surface area contributed by atoms with Crippen molar-refractivity contribution in [2.24, 2.45) is 0 Å². The van der Waals surface area contributed by atoms with Crippen molar-refractivity contribution in [3.63, 3.8) is 0 Å². The van der Waals surface area contributed by atoms with E-state index in [4.69, 9.17) is 9.72 Å². The van der Waals surface area contributed by atoms with E-state index in [0.29, 0.717) is 6.61 Å². The number of pyridine rings is 1. The SMILES string of the molecule is CN1CCN(c2ccc3cc(OCc4ccccc4)ccc3n2)CC1. The lowest BCUT2D eigenvalue weighted by atomic mass is 10.2. The molecule has 1 aliphatic rings. The predicted octanol–water partition coefficient (Wildman–Crippen LogP) is 3.57. The first-order valence-electron chi connectivity index (χ1n) is 8.79. The van der Waals surface area contributed by atoms with Gasteiger partial charge in [0.15, 0.2) is 0 Å². The van der Waals surface area contributed by atoms with Crippen molar-refractivity contribution in [1.29, 1.82) is 0 Å². The highest BCUT2D eigenvalue weighted by atomic mass is 16.5. The molecule has 0 radical (unpaired) electrons. The average molecular weight is 333 g/mol. The molecule has 2 heterocycles. The van der Waals surface area contributed by atoms with Crippen LogP contribution in [-0.4, -0.2) is 43.1 Å². The molecule has 1 aromatic heterocycles. The Kier molecular flexibility index (Phi) is 4.53. The number of anilines is 1. The van der Waals surface area contributed by atoms with Crippen LogP contribution in [0.3, 0.4) is 0 Å². The molecule has 0 spiro atoms. The van der Waals surface area contributed by atoms with Gasteiger partial charge in [0.2, 0.25) is 0 Å². The molecule has 2 aromatic carbocycles. The smallest absolute Gasteiger partial charge is 0.129 e. The van der Waals surface area contributed by atoms with Gasteiger partial charge in [0, 0.05) is 31.6 Å². The number of piperazine rings is 1. The molecule has 4 heteroatoms. The number of fused-ring (bicyclic) bond motifs is 1. The van der Waals surface area contributed by atoms with E-state index >= 15 is 0 Å². The summed E-state index contributed by atoms with van der Waals surface area (Å²) in [5.41, 5.74) is 2.19. The average Bonchev–Trinajstić information content (AvgIpc) is 2.67. The molecular formula is C21H23N3O. The second-order valence-corrected chi connectivity index (χ2v) is 6.59. The maximum Gasteiger partial charge on any atom is 0.129 e. The van der Waals surface area contributed by atoms with Crippen LogP contribution < -0.4 is 9.64 Å². The molecule has 0 N–H and O–H groups in total. The van der Waals surface area contributed by atoms with E-state index in [1.807, 2.05) is 24.3 Å².